The first-order valence-electron chi connectivity index (χ1n) is 46.8. The average Bonchev–Trinajstić information content (AvgIpc) is 0.899. The number of aliphatic imine (C=N–C) groups is 6. The highest BCUT2D eigenvalue weighted by atomic mass is 16.6. The van der Waals surface area contributed by atoms with Crippen LogP contribution in [0, 0.1) is 5.92 Å². The van der Waals surface area contributed by atoms with Gasteiger partial charge in [-0.15, -0.1) is 0 Å². The highest BCUT2D eigenvalue weighted by Crippen LogP contribution is 2.13. The molecular formula is C102H198N10O28. The number of carbonyl (C=O) groups is 10. The van der Waals surface area contributed by atoms with E-state index >= 15 is 0 Å². The number of nitrogens with one attached hydrogen (secondary N) is 4. The van der Waals surface area contributed by atoms with Gasteiger partial charge >= 0.3 is 35.8 Å². The molecule has 824 valence electrons. The van der Waals surface area contributed by atoms with Gasteiger partial charge in [-0.2, -0.15) is 0 Å². The first kappa shape index (κ1) is 152. The van der Waals surface area contributed by atoms with Gasteiger partial charge in [0.25, 0.3) is 11.8 Å². The van der Waals surface area contributed by atoms with Gasteiger partial charge < -0.3 is 107 Å². The zero-order chi connectivity index (χ0) is 112. The summed E-state index contributed by atoms with van der Waals surface area (Å²) in [5.41, 5.74) is -1.40. The van der Waals surface area contributed by atoms with Crippen LogP contribution in [0.2, 0.25) is 0 Å². The first-order chi connectivity index (χ1) is 63.3. The maximum Gasteiger partial charge on any atom is 0.347 e. The molecule has 9 unspecified atom stereocenters. The second-order valence-corrected chi connectivity index (χ2v) is 42.1. The van der Waals surface area contributed by atoms with Crippen molar-refractivity contribution in [1.29, 1.82) is 0 Å². The van der Waals surface area contributed by atoms with E-state index in [0.29, 0.717) is 57.8 Å². The fraction of sp³-hybridized carbons (Fsp3) is 0.804. The number of allylic oxidation sites excluding steroid dienone is 2. The van der Waals surface area contributed by atoms with Gasteiger partial charge in [0.05, 0.1) is 109 Å². The molecule has 38 heteroatoms. The molecule has 0 aliphatic heterocycles. The Balaban J connectivity index is -0.000000169. The van der Waals surface area contributed by atoms with E-state index in [1.807, 2.05) is 165 Å². The van der Waals surface area contributed by atoms with Crippen LogP contribution < -0.4 is 21.3 Å². The standard InChI is InChI=1S/C14H25NO4.C13H23NO5.C12H21NO5.C11H23NO2.C10H19NO2.C9H17NO2.2C9H19NO2.C8H17NO2.C7H15NO2/c1-9(2)12(16)19-11(4)13(17)18-10(3)8-15-14(5,6)7;1-9(7-14-13(3,4)5)18-12(16)10(2)19-11(15)8-17-6;1-9(16-5)11(15)18-8-10(14)17-7-6-13-12(2,3)4;1-9(7-12-11(3,4)5)14-8-10(2)13-6;1-7(2)13-8(3)9(12)11-10(4,5)6;1-7(2)12-6-8(11)10-9(3,4)5;2*1-9(2,3)10-5-6-12-8-7-11-4;1-6(11-5)7(10)9-8(2,3)4;1-7(2,3)8-6(9)5-10-4/h8-11H,1-7H3;7,9-10H,8H2,1-6H3;6,9H,7-8H2,1-5H3;7,9-10H,8H2,1-6H3;8H,1H2,2-6H3,(H,11,12);1,6H2,2-5H3,(H,10,11);2*5H,6-8H2,1-4H3;6H,1-5H3,(H,9,10);5H2,1-4H3,(H,8,9). The molecule has 0 radical (unpaired) electrons. The molecular weight excluding hydrogens is 1810 g/mol. The Bertz CT molecular complexity index is 3480. The molecule has 4 amide bonds. The number of amides is 4. The Morgan fingerprint density at radius 3 is 0.943 bits per heavy atom. The minimum Gasteiger partial charge on any atom is -0.489 e. The number of hydrogen-bond donors (Lipinski definition) is 4. The zero-order valence-electron chi connectivity index (χ0n) is 96.3. The predicted molar refractivity (Wildman–Crippen MR) is 560 cm³/mol. The van der Waals surface area contributed by atoms with E-state index in [9.17, 15) is 47.9 Å². The second-order valence-electron chi connectivity index (χ2n) is 42.1. The summed E-state index contributed by atoms with van der Waals surface area (Å²) in [7, 11) is 10.8. The maximum atomic E-state index is 11.7. The van der Waals surface area contributed by atoms with E-state index in [-0.39, 0.29) is 130 Å². The number of methoxy groups -OCH3 is 7. The van der Waals surface area contributed by atoms with Crippen molar-refractivity contribution in [2.24, 2.45) is 35.9 Å². The molecule has 0 heterocycles. The van der Waals surface area contributed by atoms with Crippen molar-refractivity contribution < 1.29 is 133 Å². The fourth-order valence-corrected chi connectivity index (χ4v) is 7.40. The highest BCUT2D eigenvalue weighted by molar-refractivity contribution is 5.84. The van der Waals surface area contributed by atoms with Crippen LogP contribution >= 0.6 is 0 Å². The molecule has 0 aliphatic carbocycles. The number of rotatable bonds is 42. The van der Waals surface area contributed by atoms with Crippen LogP contribution in [0.3, 0.4) is 0 Å². The smallest absolute Gasteiger partial charge is 0.347 e. The van der Waals surface area contributed by atoms with E-state index < -0.39 is 79.0 Å². The van der Waals surface area contributed by atoms with Gasteiger partial charge in [-0.3, -0.25) is 53.9 Å². The summed E-state index contributed by atoms with van der Waals surface area (Å²) in [6, 6.07) is 0. The third-order valence-electron chi connectivity index (χ3n) is 13.9. The number of carbonyl (C=O) groups excluding carboxylic acids is 10. The summed E-state index contributed by atoms with van der Waals surface area (Å²) in [4.78, 5) is 138. The summed E-state index contributed by atoms with van der Waals surface area (Å²) < 4.78 is 89.0. The average molecular weight is 2010 g/mol. The highest BCUT2D eigenvalue weighted by Gasteiger charge is 2.26. The fourth-order valence-electron chi connectivity index (χ4n) is 7.40. The van der Waals surface area contributed by atoms with Crippen molar-refractivity contribution in [2.45, 2.75) is 408 Å². The van der Waals surface area contributed by atoms with E-state index in [1.54, 1.807) is 102 Å². The van der Waals surface area contributed by atoms with Gasteiger partial charge in [-0.1, -0.05) is 27.0 Å². The topological polar surface area (TPSA) is 459 Å². The lowest BCUT2D eigenvalue weighted by Crippen LogP contribution is -2.45. The van der Waals surface area contributed by atoms with Crippen molar-refractivity contribution in [1.82, 2.24) is 21.3 Å². The Morgan fingerprint density at radius 2 is 0.636 bits per heavy atom. The van der Waals surface area contributed by atoms with Gasteiger partial charge in [0.15, 0.2) is 37.6 Å². The molecule has 0 aliphatic rings. The quantitative estimate of drug-likeness (QED) is 0.0145. The molecule has 0 aromatic carbocycles. The summed E-state index contributed by atoms with van der Waals surface area (Å²) in [6.07, 6.45) is 5.95. The van der Waals surface area contributed by atoms with Gasteiger partial charge in [-0.05, 0) is 284 Å². The Morgan fingerprint density at radius 1 is 0.300 bits per heavy atom. The molecule has 0 aromatic rings. The lowest BCUT2D eigenvalue weighted by atomic mass is 10.1. The number of nitrogens with zero attached hydrogens (tertiary/aromatic N) is 6. The number of ether oxygens (including phenoxy) is 18. The largest absolute Gasteiger partial charge is 0.489 e. The van der Waals surface area contributed by atoms with Crippen LogP contribution in [0.15, 0.2) is 54.6 Å². The second kappa shape index (κ2) is 81.8. The van der Waals surface area contributed by atoms with Crippen LogP contribution in [0.4, 0.5) is 0 Å². The van der Waals surface area contributed by atoms with E-state index in [1.165, 1.54) is 55.4 Å². The van der Waals surface area contributed by atoms with Gasteiger partial charge in [0, 0.05) is 109 Å². The monoisotopic (exact) mass is 2010 g/mol. The maximum absolute atomic E-state index is 11.7. The van der Waals surface area contributed by atoms with Crippen molar-refractivity contribution in [3.63, 3.8) is 0 Å². The van der Waals surface area contributed by atoms with Crippen molar-refractivity contribution in [2.75, 3.05) is 129 Å². The Hall–Kier alpha value is -8.60. The van der Waals surface area contributed by atoms with Crippen LogP contribution in [0.5, 0.6) is 0 Å². The van der Waals surface area contributed by atoms with E-state index in [2.05, 4.69) is 141 Å². The van der Waals surface area contributed by atoms with Crippen LogP contribution in [0.1, 0.15) is 298 Å². The number of esters is 6. The Kier molecular flexibility index (Phi) is 88.6. The molecule has 4 N–H and O–H groups in total. The zero-order valence-corrected chi connectivity index (χ0v) is 96.3. The third-order valence-corrected chi connectivity index (χ3v) is 13.9. The van der Waals surface area contributed by atoms with Gasteiger partial charge in [-0.25, -0.2) is 24.0 Å². The summed E-state index contributed by atoms with van der Waals surface area (Å²) in [5.74, 6) is -2.96. The predicted octanol–water partition coefficient (Wildman–Crippen LogP) is 14.8. The molecule has 0 rings (SSSR count). The van der Waals surface area contributed by atoms with Crippen LogP contribution in [-0.4, -0.2) is 336 Å². The van der Waals surface area contributed by atoms with Crippen LogP contribution in [-0.2, 0) is 133 Å². The summed E-state index contributed by atoms with van der Waals surface area (Å²) in [5, 5.41) is 11.2. The molecule has 9 atom stereocenters. The van der Waals surface area contributed by atoms with E-state index in [0.717, 1.165) is 0 Å². The minimum absolute atomic E-state index is 0.00458. The minimum atomic E-state index is -0.965. The molecule has 140 heavy (non-hydrogen) atoms. The third kappa shape index (κ3) is 134. The molecule has 0 fully saturated rings. The van der Waals surface area contributed by atoms with Gasteiger partial charge in [0.1, 0.15) is 38.1 Å². The van der Waals surface area contributed by atoms with Gasteiger partial charge in [0.2, 0.25) is 11.8 Å². The SMILES string of the molecule is C=C(C)OC(C)C(=O)NC(C)(C)C.C=C(C)OCC(=O)NC(C)(C)C.CC(C=NC(C)(C)C)OC(=O)C(C)OC(=O)C(C)C.COC(C)C(=O)NC(C)(C)C.COC(C)C(=O)OCC(=O)OCC=NC(C)(C)C.COC(C)COC(C)C=NC(C)(C)C.COCC(=O)NC(C)(C)C.COCC(=O)OC(C)C(=O)OC(C)C=NC(C)(C)C.COCCOCC=NC(C)(C)C.COCCOCC=NC(C)(C)C. The van der Waals surface area contributed by atoms with Crippen molar-refractivity contribution in [3.05, 3.63) is 24.7 Å². The van der Waals surface area contributed by atoms with Crippen molar-refractivity contribution in [3.8, 4) is 0 Å². The van der Waals surface area contributed by atoms with E-state index in [4.69, 9.17) is 71.1 Å². The van der Waals surface area contributed by atoms with Crippen LogP contribution in [0.25, 0.3) is 0 Å². The first-order valence-corrected chi connectivity index (χ1v) is 46.8. The lowest BCUT2D eigenvalue weighted by Gasteiger charge is -2.23. The lowest BCUT2D eigenvalue weighted by molar-refractivity contribution is -0.169. The molecule has 0 aromatic heterocycles. The number of hydrogen-bond acceptors (Lipinski definition) is 34. The summed E-state index contributed by atoms with van der Waals surface area (Å²) in [6.45, 7) is 92.3. The summed E-state index contributed by atoms with van der Waals surface area (Å²) >= 11 is 0. The normalized spacial score (nSPS) is 13.8. The molecule has 0 bridgehead atoms. The van der Waals surface area contributed by atoms with Crippen molar-refractivity contribution >= 4 is 96.7 Å². The molecule has 0 spiro atoms. The molecule has 0 saturated heterocycles. The Labute approximate surface area is 845 Å². The molecule has 0 saturated carbocycles. The molecule has 38 nitrogen and oxygen atoms in total.